The summed E-state index contributed by atoms with van der Waals surface area (Å²) in [6, 6.07) is 1.77. The fraction of sp³-hybridized carbons (Fsp3) is 0.455. The van der Waals surface area contributed by atoms with Gasteiger partial charge in [0.15, 0.2) is 6.61 Å². The Labute approximate surface area is 111 Å². The van der Waals surface area contributed by atoms with Crippen LogP contribution < -0.4 is 10.1 Å². The van der Waals surface area contributed by atoms with Crippen molar-refractivity contribution in [2.75, 3.05) is 19.0 Å². The van der Waals surface area contributed by atoms with E-state index in [0.717, 1.165) is 11.3 Å². The molecule has 0 radical (unpaired) electrons. The van der Waals surface area contributed by atoms with Gasteiger partial charge < -0.3 is 10.1 Å². The zero-order valence-corrected chi connectivity index (χ0v) is 11.2. The van der Waals surface area contributed by atoms with Gasteiger partial charge in [-0.25, -0.2) is 4.98 Å². The van der Waals surface area contributed by atoms with Gasteiger partial charge in [-0.1, -0.05) is 6.92 Å². The van der Waals surface area contributed by atoms with E-state index in [1.165, 1.54) is 11.3 Å². The predicted molar refractivity (Wildman–Crippen MR) is 67.9 cm³/mol. The second kappa shape index (κ2) is 5.20. The third kappa shape index (κ3) is 3.25. The molecule has 0 fully saturated rings. The smallest absolute Gasteiger partial charge is 0.422 e. The summed E-state index contributed by atoms with van der Waals surface area (Å²) < 4.78 is 41.4. The van der Waals surface area contributed by atoms with E-state index in [0.29, 0.717) is 10.2 Å². The zero-order chi connectivity index (χ0) is 14.0. The number of hydrogen-bond donors (Lipinski definition) is 1. The lowest BCUT2D eigenvalue weighted by Gasteiger charge is -2.09. The van der Waals surface area contributed by atoms with Crippen molar-refractivity contribution in [2.24, 2.45) is 0 Å². The summed E-state index contributed by atoms with van der Waals surface area (Å²) in [6.07, 6.45) is -3.60. The summed E-state index contributed by atoms with van der Waals surface area (Å²) in [7, 11) is 1.60. The van der Waals surface area contributed by atoms with Crippen LogP contribution in [0.15, 0.2) is 6.07 Å². The van der Waals surface area contributed by atoms with E-state index in [-0.39, 0.29) is 11.8 Å². The van der Waals surface area contributed by atoms with Crippen LogP contribution in [0.2, 0.25) is 0 Å². The lowest BCUT2D eigenvalue weighted by atomic mass is 10.3. The van der Waals surface area contributed by atoms with E-state index >= 15 is 0 Å². The van der Waals surface area contributed by atoms with Crippen molar-refractivity contribution < 1.29 is 17.9 Å². The second-order valence-corrected chi connectivity index (χ2v) is 4.91. The standard InChI is InChI=1S/C11H12F3N3OS/c1-3-6-4-7-8(18-5-11(12,13)14)16-10(15-2)17-9(7)19-6/h4H,3,5H2,1-2H3,(H,15,16,17). The molecule has 8 heteroatoms. The molecule has 0 aliphatic rings. The number of aryl methyl sites for hydroxylation is 1. The molecule has 0 saturated carbocycles. The van der Waals surface area contributed by atoms with Crippen LogP contribution in [0, 0.1) is 0 Å². The molecule has 0 aromatic carbocycles. The Morgan fingerprint density at radius 1 is 1.37 bits per heavy atom. The first-order chi connectivity index (χ1) is 8.93. The first-order valence-corrected chi connectivity index (χ1v) is 6.42. The summed E-state index contributed by atoms with van der Waals surface area (Å²) in [5.74, 6) is 0.205. The lowest BCUT2D eigenvalue weighted by molar-refractivity contribution is -0.153. The minimum absolute atomic E-state index is 0.0392. The second-order valence-electron chi connectivity index (χ2n) is 3.79. The SMILES string of the molecule is CCc1cc2c(OCC(F)(F)F)nc(NC)nc2s1. The van der Waals surface area contributed by atoms with Crippen LogP contribution in [0.25, 0.3) is 10.2 Å². The van der Waals surface area contributed by atoms with E-state index < -0.39 is 12.8 Å². The molecule has 4 nitrogen and oxygen atoms in total. The van der Waals surface area contributed by atoms with Crippen LogP contribution in [0.4, 0.5) is 19.1 Å². The maximum Gasteiger partial charge on any atom is 0.422 e. The minimum Gasteiger partial charge on any atom is -0.467 e. The van der Waals surface area contributed by atoms with Crippen LogP contribution in [-0.2, 0) is 6.42 Å². The summed E-state index contributed by atoms with van der Waals surface area (Å²) in [5.41, 5.74) is 0. The van der Waals surface area contributed by atoms with Gasteiger partial charge >= 0.3 is 6.18 Å². The molecule has 2 aromatic heterocycles. The molecule has 0 aliphatic heterocycles. The van der Waals surface area contributed by atoms with Gasteiger partial charge in [-0.15, -0.1) is 11.3 Å². The van der Waals surface area contributed by atoms with Crippen LogP contribution >= 0.6 is 11.3 Å². The van der Waals surface area contributed by atoms with Gasteiger partial charge in [0.2, 0.25) is 11.8 Å². The molecule has 0 saturated heterocycles. The van der Waals surface area contributed by atoms with Gasteiger partial charge in [-0.3, -0.25) is 0 Å². The van der Waals surface area contributed by atoms with E-state index in [1.54, 1.807) is 13.1 Å². The summed E-state index contributed by atoms with van der Waals surface area (Å²) in [4.78, 5) is 9.78. The topological polar surface area (TPSA) is 47.0 Å². The maximum atomic E-state index is 12.2. The highest BCUT2D eigenvalue weighted by Crippen LogP contribution is 2.32. The summed E-state index contributed by atoms with van der Waals surface area (Å²) in [6.45, 7) is 0.604. The molecule has 0 atom stereocenters. The molecule has 0 aliphatic carbocycles. The molecular formula is C11H12F3N3OS. The molecule has 0 amide bonds. The van der Waals surface area contributed by atoms with Gasteiger partial charge in [-0.2, -0.15) is 18.2 Å². The molecule has 1 N–H and O–H groups in total. The number of ether oxygens (including phenoxy) is 1. The van der Waals surface area contributed by atoms with Crippen molar-refractivity contribution in [2.45, 2.75) is 19.5 Å². The van der Waals surface area contributed by atoms with Crippen molar-refractivity contribution in [3.05, 3.63) is 10.9 Å². The molecule has 0 spiro atoms. The van der Waals surface area contributed by atoms with Gasteiger partial charge in [0, 0.05) is 11.9 Å². The van der Waals surface area contributed by atoms with Gasteiger partial charge in [0.25, 0.3) is 0 Å². The fourth-order valence-corrected chi connectivity index (χ4v) is 2.45. The number of halogens is 3. The number of nitrogens with one attached hydrogen (secondary N) is 1. The Hall–Kier alpha value is -1.57. The van der Waals surface area contributed by atoms with Crippen LogP contribution in [0.3, 0.4) is 0 Å². The minimum atomic E-state index is -4.39. The number of nitrogens with zero attached hydrogens (tertiary/aromatic N) is 2. The van der Waals surface area contributed by atoms with Crippen molar-refractivity contribution in [1.82, 2.24) is 9.97 Å². The van der Waals surface area contributed by atoms with Crippen LogP contribution in [-0.4, -0.2) is 29.8 Å². The molecule has 104 valence electrons. The van der Waals surface area contributed by atoms with E-state index in [1.807, 2.05) is 6.92 Å². The van der Waals surface area contributed by atoms with E-state index in [4.69, 9.17) is 4.74 Å². The van der Waals surface area contributed by atoms with Gasteiger partial charge in [0.1, 0.15) is 4.83 Å². The molecule has 0 unspecified atom stereocenters. The van der Waals surface area contributed by atoms with Crippen LogP contribution in [0.5, 0.6) is 5.88 Å². The highest BCUT2D eigenvalue weighted by molar-refractivity contribution is 7.18. The number of alkyl halides is 3. The predicted octanol–water partition coefficient (Wildman–Crippen LogP) is 3.24. The van der Waals surface area contributed by atoms with Gasteiger partial charge in [-0.05, 0) is 12.5 Å². The molecule has 2 heterocycles. The van der Waals surface area contributed by atoms with Crippen molar-refractivity contribution in [3.63, 3.8) is 0 Å². The average molecular weight is 291 g/mol. The molecule has 2 aromatic rings. The Kier molecular flexibility index (Phi) is 3.79. The average Bonchev–Trinajstić information content (AvgIpc) is 2.77. The van der Waals surface area contributed by atoms with Crippen molar-refractivity contribution in [3.8, 4) is 5.88 Å². The van der Waals surface area contributed by atoms with E-state index in [9.17, 15) is 13.2 Å². The van der Waals surface area contributed by atoms with Crippen molar-refractivity contribution >= 4 is 27.5 Å². The number of aromatic nitrogens is 2. The Morgan fingerprint density at radius 2 is 2.11 bits per heavy atom. The third-order valence-corrected chi connectivity index (χ3v) is 3.53. The Morgan fingerprint density at radius 3 is 2.68 bits per heavy atom. The van der Waals surface area contributed by atoms with Crippen LogP contribution in [0.1, 0.15) is 11.8 Å². The number of thiophene rings is 1. The number of rotatable bonds is 4. The highest BCUT2D eigenvalue weighted by atomic mass is 32.1. The molecule has 0 bridgehead atoms. The van der Waals surface area contributed by atoms with Gasteiger partial charge in [0.05, 0.1) is 5.39 Å². The normalized spacial score (nSPS) is 11.8. The first kappa shape index (κ1) is 13.9. The number of anilines is 1. The van der Waals surface area contributed by atoms with E-state index in [2.05, 4.69) is 15.3 Å². The number of hydrogen-bond acceptors (Lipinski definition) is 5. The monoisotopic (exact) mass is 291 g/mol. The summed E-state index contributed by atoms with van der Waals surface area (Å²) >= 11 is 1.42. The number of fused-ring (bicyclic) bond motifs is 1. The Balaban J connectivity index is 2.41. The molecule has 19 heavy (non-hydrogen) atoms. The fourth-order valence-electron chi connectivity index (χ4n) is 1.49. The van der Waals surface area contributed by atoms with Crippen molar-refractivity contribution in [1.29, 1.82) is 0 Å². The summed E-state index contributed by atoms with van der Waals surface area (Å²) in [5, 5.41) is 3.23. The largest absolute Gasteiger partial charge is 0.467 e. The Bertz CT molecular complexity index is 582. The maximum absolute atomic E-state index is 12.2. The molecule has 2 rings (SSSR count). The zero-order valence-electron chi connectivity index (χ0n) is 10.3. The molecular weight excluding hydrogens is 279 g/mol. The first-order valence-electron chi connectivity index (χ1n) is 5.60. The third-order valence-electron chi connectivity index (χ3n) is 2.35. The quantitative estimate of drug-likeness (QED) is 0.939. The lowest BCUT2D eigenvalue weighted by Crippen LogP contribution is -2.20. The highest BCUT2D eigenvalue weighted by Gasteiger charge is 2.29.